The number of halogens is 1. The molecule has 0 bridgehead atoms. The van der Waals surface area contributed by atoms with E-state index in [1.807, 2.05) is 0 Å². The summed E-state index contributed by atoms with van der Waals surface area (Å²) in [5.41, 5.74) is -0.416. The van der Waals surface area contributed by atoms with Crippen LogP contribution < -0.4 is 5.32 Å². The zero-order chi connectivity index (χ0) is 30.0. The number of carbonyl (C=O) groups is 3. The molecule has 14 nitrogen and oxygen atoms in total. The molecular weight excluding hydrogens is 654 g/mol. The molecule has 2 aliphatic rings. The van der Waals surface area contributed by atoms with Crippen LogP contribution in [-0.2, 0) is 32.9 Å². The minimum Gasteiger partial charge on any atom is -0.508 e. The van der Waals surface area contributed by atoms with E-state index in [-0.39, 0.29) is 41.9 Å². The number of aryl methyl sites for hydroxylation is 1. The van der Waals surface area contributed by atoms with E-state index in [0.29, 0.717) is 20.8 Å². The summed E-state index contributed by atoms with van der Waals surface area (Å²) in [4.78, 5) is 45.7. The Morgan fingerprint density at radius 3 is 2.69 bits per heavy atom. The molecule has 2 aromatic carbocycles. The standard InChI is InChI=1S/C25H24BrN7O7S2/c1-32-24(28-30-31-32)42-12-25(23(38)39)10-33-21(37)19(22(33)41-11-25)27-20(36)18(14-3-5-15(34)6-4-14)29-40-9-13-2-7-16(26)17(35)8-13/h2-8,19,22,34-35H,9-12H2,1H3,(H,27,36)(H,38,39)/t19?,22-,25?/m1/s1. The number of rotatable bonds is 10. The molecule has 2 unspecified atom stereocenters. The number of thioether (sulfide) groups is 2. The minimum atomic E-state index is -1.23. The lowest BCUT2D eigenvalue weighted by atomic mass is 9.89. The molecule has 42 heavy (non-hydrogen) atoms. The van der Waals surface area contributed by atoms with Crippen LogP contribution >= 0.6 is 39.5 Å². The first-order chi connectivity index (χ1) is 20.1. The van der Waals surface area contributed by atoms with E-state index in [4.69, 9.17) is 4.84 Å². The molecule has 3 aromatic rings. The molecule has 17 heteroatoms. The number of nitrogens with zero attached hydrogens (tertiary/aromatic N) is 6. The molecule has 0 saturated carbocycles. The van der Waals surface area contributed by atoms with Gasteiger partial charge in [-0.15, -0.1) is 16.9 Å². The number of β-lactam (4-membered cyclic amide) rings is 1. The summed E-state index contributed by atoms with van der Waals surface area (Å²) >= 11 is 5.68. The second-order valence-electron chi connectivity index (χ2n) is 9.62. The number of phenols is 2. The van der Waals surface area contributed by atoms with Gasteiger partial charge in [-0.1, -0.05) is 23.0 Å². The van der Waals surface area contributed by atoms with Gasteiger partial charge >= 0.3 is 5.97 Å². The Morgan fingerprint density at radius 1 is 1.26 bits per heavy atom. The molecule has 2 aliphatic heterocycles. The van der Waals surface area contributed by atoms with E-state index < -0.39 is 34.6 Å². The van der Waals surface area contributed by atoms with Crippen molar-refractivity contribution in [1.29, 1.82) is 0 Å². The Morgan fingerprint density at radius 2 is 2.02 bits per heavy atom. The number of fused-ring (bicyclic) bond motifs is 1. The first-order valence-corrected chi connectivity index (χ1v) is 15.2. The lowest BCUT2D eigenvalue weighted by molar-refractivity contribution is -0.157. The third kappa shape index (κ3) is 6.03. The van der Waals surface area contributed by atoms with Gasteiger partial charge in [0.25, 0.3) is 5.91 Å². The molecule has 0 aliphatic carbocycles. The summed E-state index contributed by atoms with van der Waals surface area (Å²) in [7, 11) is 1.65. The molecule has 220 valence electrons. The Balaban J connectivity index is 1.27. The number of aliphatic carboxylic acids is 1. The van der Waals surface area contributed by atoms with Gasteiger partial charge in [0.2, 0.25) is 11.1 Å². The maximum Gasteiger partial charge on any atom is 0.313 e. The number of carboxylic acid groups (broad SMARTS) is 1. The summed E-state index contributed by atoms with van der Waals surface area (Å²) in [5.74, 6) is -1.75. The summed E-state index contributed by atoms with van der Waals surface area (Å²) in [6.07, 6.45) is 0. The molecule has 3 heterocycles. The molecule has 2 fully saturated rings. The van der Waals surface area contributed by atoms with E-state index in [0.717, 1.165) is 0 Å². The van der Waals surface area contributed by atoms with Gasteiger partial charge in [0.05, 0.1) is 4.47 Å². The van der Waals surface area contributed by atoms with E-state index in [9.17, 15) is 29.7 Å². The van der Waals surface area contributed by atoms with Crippen molar-refractivity contribution in [3.8, 4) is 11.5 Å². The Hall–Kier alpha value is -3.83. The summed E-state index contributed by atoms with van der Waals surface area (Å²) < 4.78 is 1.96. The highest BCUT2D eigenvalue weighted by atomic mass is 79.9. The fraction of sp³-hybridized carbons (Fsp3) is 0.320. The Kier molecular flexibility index (Phi) is 8.60. The summed E-state index contributed by atoms with van der Waals surface area (Å²) in [5, 5.41) is 47.6. The smallest absolute Gasteiger partial charge is 0.313 e. The molecule has 4 N–H and O–H groups in total. The van der Waals surface area contributed by atoms with E-state index in [1.165, 1.54) is 63.4 Å². The van der Waals surface area contributed by atoms with Crippen molar-refractivity contribution in [2.75, 3.05) is 18.1 Å². The molecule has 0 spiro atoms. The van der Waals surface area contributed by atoms with Crippen molar-refractivity contribution >= 4 is 62.9 Å². The number of phenolic OH excluding ortho intramolecular Hbond substituents is 2. The van der Waals surface area contributed by atoms with Gasteiger partial charge in [-0.25, -0.2) is 4.68 Å². The lowest BCUT2D eigenvalue weighted by Crippen LogP contribution is -2.74. The first-order valence-electron chi connectivity index (χ1n) is 12.4. The van der Waals surface area contributed by atoms with Crippen LogP contribution in [0.1, 0.15) is 11.1 Å². The fourth-order valence-corrected chi connectivity index (χ4v) is 7.28. The zero-order valence-electron chi connectivity index (χ0n) is 21.9. The van der Waals surface area contributed by atoms with Crippen LogP contribution in [0.2, 0.25) is 0 Å². The minimum absolute atomic E-state index is 0.0105. The van der Waals surface area contributed by atoms with Crippen molar-refractivity contribution < 1.29 is 34.5 Å². The molecule has 2 amide bonds. The van der Waals surface area contributed by atoms with Crippen LogP contribution in [0.15, 0.2) is 57.2 Å². The number of aromatic hydroxyl groups is 2. The second kappa shape index (κ2) is 12.2. The number of aromatic nitrogens is 4. The molecule has 3 atom stereocenters. The topological polar surface area (TPSA) is 192 Å². The fourth-order valence-electron chi connectivity index (χ4n) is 4.33. The van der Waals surface area contributed by atoms with Gasteiger partial charge in [0.15, 0.2) is 5.71 Å². The molecular formula is C25H24BrN7O7S2. The number of carboxylic acids is 1. The maximum atomic E-state index is 13.4. The van der Waals surface area contributed by atoms with Crippen LogP contribution in [0.25, 0.3) is 0 Å². The predicted molar refractivity (Wildman–Crippen MR) is 155 cm³/mol. The van der Waals surface area contributed by atoms with Crippen molar-refractivity contribution in [2.45, 2.75) is 23.2 Å². The number of nitrogens with one attached hydrogen (secondary N) is 1. The van der Waals surface area contributed by atoms with E-state index >= 15 is 0 Å². The Bertz CT molecular complexity index is 1550. The number of tetrazole rings is 1. The zero-order valence-corrected chi connectivity index (χ0v) is 25.1. The average molecular weight is 679 g/mol. The van der Waals surface area contributed by atoms with Crippen molar-refractivity contribution in [1.82, 2.24) is 30.4 Å². The number of oxime groups is 1. The van der Waals surface area contributed by atoms with Gasteiger partial charge in [0.1, 0.15) is 34.9 Å². The largest absolute Gasteiger partial charge is 0.508 e. The van der Waals surface area contributed by atoms with Crippen molar-refractivity contribution in [2.24, 2.45) is 17.6 Å². The molecule has 1 aromatic heterocycles. The second-order valence-corrected chi connectivity index (χ2v) is 12.5. The van der Waals surface area contributed by atoms with Gasteiger partial charge in [0, 0.05) is 30.7 Å². The Labute approximate surface area is 255 Å². The number of benzene rings is 2. The predicted octanol–water partition coefficient (Wildman–Crippen LogP) is 1.57. The lowest BCUT2D eigenvalue weighted by Gasteiger charge is -2.53. The van der Waals surface area contributed by atoms with Crippen molar-refractivity contribution in [3.63, 3.8) is 0 Å². The van der Waals surface area contributed by atoms with E-state index in [1.54, 1.807) is 19.2 Å². The van der Waals surface area contributed by atoms with Gasteiger partial charge in [-0.2, -0.15) is 0 Å². The average Bonchev–Trinajstić information content (AvgIpc) is 3.39. The van der Waals surface area contributed by atoms with Crippen LogP contribution in [0.3, 0.4) is 0 Å². The monoisotopic (exact) mass is 677 g/mol. The van der Waals surface area contributed by atoms with Gasteiger partial charge < -0.3 is 30.4 Å². The van der Waals surface area contributed by atoms with Crippen LogP contribution in [0.5, 0.6) is 11.5 Å². The first kappa shape index (κ1) is 29.7. The number of carbonyl (C=O) groups excluding carboxylic acids is 2. The molecule has 2 saturated heterocycles. The number of hydrogen-bond acceptors (Lipinski definition) is 12. The number of hydrogen-bond donors (Lipinski definition) is 4. The quantitative estimate of drug-likeness (QED) is 0.105. The highest BCUT2D eigenvalue weighted by molar-refractivity contribution is 9.10. The van der Waals surface area contributed by atoms with Gasteiger partial charge in [-0.3, -0.25) is 14.4 Å². The molecule has 5 rings (SSSR count). The van der Waals surface area contributed by atoms with Crippen LogP contribution in [0, 0.1) is 5.41 Å². The molecule has 0 radical (unpaired) electrons. The highest BCUT2D eigenvalue weighted by Crippen LogP contribution is 2.44. The number of amides is 2. The SMILES string of the molecule is Cn1nnnc1SCC1(C(=O)O)CS[C@@H]2C(NC(=O)C(=NOCc3ccc(Br)c(O)c3)c3ccc(O)cc3)C(=O)N2C1. The third-order valence-electron chi connectivity index (χ3n) is 6.70. The summed E-state index contributed by atoms with van der Waals surface area (Å²) in [6.45, 7) is -0.0739. The van der Waals surface area contributed by atoms with Crippen LogP contribution in [0.4, 0.5) is 0 Å². The normalized spacial score (nSPS) is 21.8. The maximum absolute atomic E-state index is 13.4. The third-order valence-corrected chi connectivity index (χ3v) is 10.3. The van der Waals surface area contributed by atoms with Gasteiger partial charge in [-0.05, 0) is 68.3 Å². The van der Waals surface area contributed by atoms with E-state index in [2.05, 4.69) is 41.9 Å². The summed E-state index contributed by atoms with van der Waals surface area (Å²) in [6, 6.07) is 9.69. The van der Waals surface area contributed by atoms with Crippen molar-refractivity contribution in [3.05, 3.63) is 58.1 Å². The highest BCUT2D eigenvalue weighted by Gasteiger charge is 2.57. The van der Waals surface area contributed by atoms with Crippen LogP contribution in [-0.4, -0.2) is 93.4 Å².